The molecule has 0 aliphatic heterocycles. The number of nitrogens with one attached hydrogen (secondary N) is 1. The van der Waals surface area contributed by atoms with Crippen molar-refractivity contribution < 1.29 is 9.34 Å². The second kappa shape index (κ2) is 6.31. The molecule has 0 atom stereocenters. The first kappa shape index (κ1) is 15.4. The fourth-order valence-electron chi connectivity index (χ4n) is 2.04. The Balaban J connectivity index is 1.95. The fourth-order valence-corrected chi connectivity index (χ4v) is 2.83. The summed E-state index contributed by atoms with van der Waals surface area (Å²) in [5.74, 6) is 0.994. The summed E-state index contributed by atoms with van der Waals surface area (Å²) in [5.41, 5.74) is 0.784. The first-order valence-corrected chi connectivity index (χ1v) is 7.81. The van der Waals surface area contributed by atoms with Crippen LogP contribution in [0.3, 0.4) is 0 Å². The summed E-state index contributed by atoms with van der Waals surface area (Å²) in [7, 11) is 3.99. The van der Waals surface area contributed by atoms with Gasteiger partial charge in [0.15, 0.2) is 11.6 Å². The van der Waals surface area contributed by atoms with Crippen molar-refractivity contribution in [1.82, 2.24) is 14.9 Å². The van der Waals surface area contributed by atoms with Gasteiger partial charge in [0.25, 0.3) is 0 Å². The molecule has 9 heteroatoms. The van der Waals surface area contributed by atoms with Crippen molar-refractivity contribution >= 4 is 33.3 Å². The molecule has 0 amide bonds. The smallest absolute Gasteiger partial charge is 0.397 e. The van der Waals surface area contributed by atoms with E-state index in [9.17, 15) is 10.1 Å². The monoisotopic (exact) mass is 333 g/mol. The summed E-state index contributed by atoms with van der Waals surface area (Å²) in [6.07, 6.45) is 0. The SMILES string of the molecule is CN(C)CCNc1nc(-c2ccc([N+](=O)[O-])o2)nc2ccsc12. The van der Waals surface area contributed by atoms with Gasteiger partial charge < -0.3 is 14.6 Å². The predicted octanol–water partition coefficient (Wildman–Crippen LogP) is 2.83. The molecule has 0 aliphatic rings. The minimum absolute atomic E-state index is 0.278. The van der Waals surface area contributed by atoms with Gasteiger partial charge in [0.1, 0.15) is 10.7 Å². The van der Waals surface area contributed by atoms with E-state index >= 15 is 0 Å². The summed E-state index contributed by atoms with van der Waals surface area (Å²) < 4.78 is 6.15. The Morgan fingerprint density at radius 1 is 1.35 bits per heavy atom. The normalized spacial score (nSPS) is 11.3. The van der Waals surface area contributed by atoms with E-state index in [4.69, 9.17) is 4.42 Å². The third kappa shape index (κ3) is 3.30. The third-order valence-electron chi connectivity index (χ3n) is 3.15. The number of hydrogen-bond acceptors (Lipinski definition) is 8. The summed E-state index contributed by atoms with van der Waals surface area (Å²) in [6, 6.07) is 4.70. The molecular formula is C14H15N5O3S. The molecule has 120 valence electrons. The van der Waals surface area contributed by atoms with Crippen molar-refractivity contribution in [3.8, 4) is 11.6 Å². The highest BCUT2D eigenvalue weighted by Crippen LogP contribution is 2.30. The maximum Gasteiger partial charge on any atom is 0.433 e. The number of anilines is 1. The molecule has 0 fully saturated rings. The fraction of sp³-hybridized carbons (Fsp3) is 0.286. The van der Waals surface area contributed by atoms with Crippen LogP contribution in [0.25, 0.3) is 21.8 Å². The number of furan rings is 1. The molecule has 3 aromatic rings. The lowest BCUT2D eigenvalue weighted by atomic mass is 10.3. The zero-order valence-electron chi connectivity index (χ0n) is 12.6. The van der Waals surface area contributed by atoms with Crippen LogP contribution in [0.5, 0.6) is 0 Å². The van der Waals surface area contributed by atoms with Gasteiger partial charge in [-0.3, -0.25) is 10.1 Å². The van der Waals surface area contributed by atoms with Crippen LogP contribution >= 0.6 is 11.3 Å². The van der Waals surface area contributed by atoms with Crippen molar-refractivity contribution in [3.05, 3.63) is 33.7 Å². The Bertz CT molecular complexity index is 842. The molecule has 3 rings (SSSR count). The van der Waals surface area contributed by atoms with Crippen LogP contribution in [0, 0.1) is 10.1 Å². The second-order valence-corrected chi connectivity index (χ2v) is 6.07. The molecule has 23 heavy (non-hydrogen) atoms. The number of rotatable bonds is 6. The van der Waals surface area contributed by atoms with Crippen LogP contribution in [0.15, 0.2) is 28.0 Å². The summed E-state index contributed by atoms with van der Waals surface area (Å²) in [6.45, 7) is 1.59. The van der Waals surface area contributed by atoms with Gasteiger partial charge in [-0.05, 0) is 31.6 Å². The quantitative estimate of drug-likeness (QED) is 0.547. The zero-order valence-corrected chi connectivity index (χ0v) is 13.5. The highest BCUT2D eigenvalue weighted by molar-refractivity contribution is 7.17. The van der Waals surface area contributed by atoms with Gasteiger partial charge >= 0.3 is 5.88 Å². The number of nitrogens with zero attached hydrogens (tertiary/aromatic N) is 4. The van der Waals surface area contributed by atoms with E-state index in [0.717, 1.165) is 23.3 Å². The number of nitro groups is 1. The molecule has 3 aromatic heterocycles. The lowest BCUT2D eigenvalue weighted by Crippen LogP contribution is -2.21. The highest BCUT2D eigenvalue weighted by atomic mass is 32.1. The summed E-state index contributed by atoms with van der Waals surface area (Å²) >= 11 is 1.55. The first-order valence-electron chi connectivity index (χ1n) is 6.93. The summed E-state index contributed by atoms with van der Waals surface area (Å²) in [5, 5.41) is 16.0. The lowest BCUT2D eigenvalue weighted by Gasteiger charge is -2.11. The molecule has 0 saturated heterocycles. The average molecular weight is 333 g/mol. The first-order chi connectivity index (χ1) is 11.0. The molecule has 1 N–H and O–H groups in total. The summed E-state index contributed by atoms with van der Waals surface area (Å²) in [4.78, 5) is 21.1. The number of likely N-dealkylation sites (N-methyl/N-ethyl adjacent to an activating group) is 1. The lowest BCUT2D eigenvalue weighted by molar-refractivity contribution is -0.401. The molecule has 0 radical (unpaired) electrons. The van der Waals surface area contributed by atoms with Gasteiger partial charge in [-0.1, -0.05) is 0 Å². The Hall–Kier alpha value is -2.52. The van der Waals surface area contributed by atoms with Crippen molar-refractivity contribution in [2.75, 3.05) is 32.5 Å². The van der Waals surface area contributed by atoms with E-state index in [-0.39, 0.29) is 11.6 Å². The minimum Gasteiger partial charge on any atom is -0.397 e. The number of fused-ring (bicyclic) bond motifs is 1. The largest absolute Gasteiger partial charge is 0.433 e. The predicted molar refractivity (Wildman–Crippen MR) is 88.8 cm³/mol. The van der Waals surface area contributed by atoms with Gasteiger partial charge in [-0.25, -0.2) is 9.97 Å². The molecule has 0 unspecified atom stereocenters. The van der Waals surface area contributed by atoms with Crippen LogP contribution in [0.1, 0.15) is 0 Å². The molecule has 3 heterocycles. The standard InChI is InChI=1S/C14H15N5O3S/c1-18(2)7-6-15-14-12-9(5-8-23-12)16-13(17-14)10-3-4-11(22-10)19(20)21/h3-5,8H,6-7H2,1-2H3,(H,15,16,17). The third-order valence-corrected chi connectivity index (χ3v) is 4.06. The number of hydrogen-bond donors (Lipinski definition) is 1. The Morgan fingerprint density at radius 2 is 2.17 bits per heavy atom. The molecule has 0 bridgehead atoms. The second-order valence-electron chi connectivity index (χ2n) is 5.16. The topological polar surface area (TPSA) is 97.3 Å². The Morgan fingerprint density at radius 3 is 2.87 bits per heavy atom. The maximum absolute atomic E-state index is 10.7. The molecule has 0 aliphatic carbocycles. The van der Waals surface area contributed by atoms with E-state index in [1.165, 1.54) is 12.1 Å². The molecular weight excluding hydrogens is 318 g/mol. The van der Waals surface area contributed by atoms with E-state index in [2.05, 4.69) is 20.2 Å². The van der Waals surface area contributed by atoms with Crippen molar-refractivity contribution in [2.24, 2.45) is 0 Å². The Labute approximate surface area is 135 Å². The van der Waals surface area contributed by atoms with E-state index in [0.29, 0.717) is 11.6 Å². The van der Waals surface area contributed by atoms with Gasteiger partial charge in [-0.2, -0.15) is 0 Å². The van der Waals surface area contributed by atoms with Crippen molar-refractivity contribution in [1.29, 1.82) is 0 Å². The van der Waals surface area contributed by atoms with E-state index < -0.39 is 4.92 Å². The van der Waals surface area contributed by atoms with Crippen LogP contribution in [0.4, 0.5) is 11.7 Å². The zero-order chi connectivity index (χ0) is 16.4. The Kier molecular flexibility index (Phi) is 4.22. The van der Waals surface area contributed by atoms with Crippen molar-refractivity contribution in [2.45, 2.75) is 0 Å². The number of thiophene rings is 1. The number of aromatic nitrogens is 2. The van der Waals surface area contributed by atoms with E-state index in [1.54, 1.807) is 11.3 Å². The van der Waals surface area contributed by atoms with Crippen LogP contribution < -0.4 is 5.32 Å². The maximum atomic E-state index is 10.7. The average Bonchev–Trinajstić information content (AvgIpc) is 3.15. The van der Waals surface area contributed by atoms with Crippen LogP contribution in [-0.2, 0) is 0 Å². The molecule has 0 spiro atoms. The minimum atomic E-state index is -0.580. The van der Waals surface area contributed by atoms with Gasteiger partial charge in [0, 0.05) is 13.1 Å². The van der Waals surface area contributed by atoms with Crippen molar-refractivity contribution in [3.63, 3.8) is 0 Å². The van der Waals surface area contributed by atoms with Gasteiger partial charge in [0.05, 0.1) is 16.3 Å². The van der Waals surface area contributed by atoms with Gasteiger partial charge in [0.2, 0.25) is 0 Å². The van der Waals surface area contributed by atoms with Gasteiger partial charge in [-0.15, -0.1) is 11.3 Å². The highest BCUT2D eigenvalue weighted by Gasteiger charge is 2.17. The molecule has 8 nitrogen and oxygen atoms in total. The molecule has 0 aromatic carbocycles. The van der Waals surface area contributed by atoms with Crippen LogP contribution in [0.2, 0.25) is 0 Å². The molecule has 0 saturated carbocycles. The van der Waals surface area contributed by atoms with Crippen LogP contribution in [-0.4, -0.2) is 47.0 Å². The van der Waals surface area contributed by atoms with E-state index in [1.807, 2.05) is 25.5 Å².